The van der Waals surface area contributed by atoms with Crippen LogP contribution in [-0.4, -0.2) is 17.7 Å². The quantitative estimate of drug-likeness (QED) is 0.370. The molecule has 0 saturated carbocycles. The SMILES string of the molecule is [Li][CH2]CCCCCCCC. The van der Waals surface area contributed by atoms with Crippen molar-refractivity contribution in [3.8, 4) is 0 Å². The van der Waals surface area contributed by atoms with E-state index in [0.29, 0.717) is 0 Å². The van der Waals surface area contributed by atoms with Gasteiger partial charge in [-0.2, -0.15) is 0 Å². The first-order chi connectivity index (χ1) is 4.91. The van der Waals surface area contributed by atoms with Gasteiger partial charge in [0.1, 0.15) is 0 Å². The van der Waals surface area contributed by atoms with Crippen LogP contribution >= 0.6 is 0 Å². The van der Waals surface area contributed by atoms with Crippen molar-refractivity contribution < 1.29 is 0 Å². The second kappa shape index (κ2) is 9.60. The van der Waals surface area contributed by atoms with E-state index in [1.165, 1.54) is 50.0 Å². The normalized spacial score (nSPS) is 10.3. The predicted octanol–water partition coefficient (Wildman–Crippen LogP) is 3.32. The molecule has 0 aromatic carbocycles. The fraction of sp³-hybridized carbons (Fsp3) is 1.00. The van der Waals surface area contributed by atoms with Gasteiger partial charge in [0.05, 0.1) is 0 Å². The summed E-state index contributed by atoms with van der Waals surface area (Å²) < 4.78 is 0. The summed E-state index contributed by atoms with van der Waals surface area (Å²) in [4.78, 5) is 0. The first kappa shape index (κ1) is 10.6. The Kier molecular flexibility index (Phi) is 10.2. The van der Waals surface area contributed by atoms with E-state index in [2.05, 4.69) is 24.6 Å². The second-order valence-corrected chi connectivity index (χ2v) is 3.12. The number of rotatable bonds is 7. The summed E-state index contributed by atoms with van der Waals surface area (Å²) in [6.45, 7) is 2.27. The average molecular weight is 134 g/mol. The van der Waals surface area contributed by atoms with Gasteiger partial charge in [0.2, 0.25) is 0 Å². The van der Waals surface area contributed by atoms with Crippen molar-refractivity contribution in [1.82, 2.24) is 0 Å². The molecule has 0 bridgehead atoms. The van der Waals surface area contributed by atoms with Crippen molar-refractivity contribution in [2.75, 3.05) is 0 Å². The number of unbranched alkanes of at least 4 members (excludes halogenated alkanes) is 6. The Labute approximate surface area is 75.0 Å². The molecule has 0 rings (SSSR count). The summed E-state index contributed by atoms with van der Waals surface area (Å²) in [5.74, 6) is 0. The monoisotopic (exact) mass is 134 g/mol. The van der Waals surface area contributed by atoms with E-state index >= 15 is 0 Å². The Hall–Kier alpha value is 0.597. The molecule has 0 saturated heterocycles. The van der Waals surface area contributed by atoms with E-state index in [1.807, 2.05) is 0 Å². The number of hydrogen-bond donors (Lipinski definition) is 0. The van der Waals surface area contributed by atoms with Crippen LogP contribution in [0.4, 0.5) is 0 Å². The van der Waals surface area contributed by atoms with Crippen molar-refractivity contribution in [3.63, 3.8) is 0 Å². The molecule has 0 aliphatic rings. The molecule has 0 unspecified atom stereocenters. The molecular weight excluding hydrogens is 115 g/mol. The third-order valence-corrected chi connectivity index (χ3v) is 1.96. The molecule has 0 fully saturated rings. The molecule has 56 valence electrons. The van der Waals surface area contributed by atoms with Crippen LogP contribution in [0.3, 0.4) is 0 Å². The molecule has 0 amide bonds. The van der Waals surface area contributed by atoms with E-state index in [9.17, 15) is 0 Å². The third kappa shape index (κ3) is 8.60. The van der Waals surface area contributed by atoms with Crippen LogP contribution in [-0.2, 0) is 0 Å². The molecule has 0 spiro atoms. The molecule has 10 heavy (non-hydrogen) atoms. The van der Waals surface area contributed by atoms with Gasteiger partial charge in [0, 0.05) is 0 Å². The molecule has 0 aromatic rings. The molecule has 0 aromatic heterocycles. The van der Waals surface area contributed by atoms with E-state index < -0.39 is 0 Å². The Morgan fingerprint density at radius 3 is 1.80 bits per heavy atom. The zero-order valence-corrected chi connectivity index (χ0v) is 7.66. The molecule has 0 heterocycles. The molecule has 0 atom stereocenters. The minimum atomic E-state index is 1.37. The summed E-state index contributed by atoms with van der Waals surface area (Å²) in [6.07, 6.45) is 10.1. The Morgan fingerprint density at radius 2 is 1.30 bits per heavy atom. The molecular formula is C9H19Li. The Morgan fingerprint density at radius 1 is 0.800 bits per heavy atom. The van der Waals surface area contributed by atoms with Gasteiger partial charge in [0.15, 0.2) is 0 Å². The zero-order chi connectivity index (χ0) is 7.66. The van der Waals surface area contributed by atoms with Gasteiger partial charge < -0.3 is 0 Å². The fourth-order valence-corrected chi connectivity index (χ4v) is 1.21. The standard InChI is InChI=1S/C9H19.Li/c1-3-5-7-9-8-6-4-2;/h1,3-9H2,2H3;. The third-order valence-electron chi connectivity index (χ3n) is 1.96. The summed E-state index contributed by atoms with van der Waals surface area (Å²) >= 11 is 2.27. The summed E-state index contributed by atoms with van der Waals surface area (Å²) in [5.41, 5.74) is 0. The van der Waals surface area contributed by atoms with Crippen LogP contribution in [0, 0.1) is 0 Å². The van der Waals surface area contributed by atoms with Crippen LogP contribution in [0.15, 0.2) is 0 Å². The molecule has 0 nitrogen and oxygen atoms in total. The molecule has 0 N–H and O–H groups in total. The van der Waals surface area contributed by atoms with Crippen LogP contribution in [0.1, 0.15) is 51.9 Å². The summed E-state index contributed by atoms with van der Waals surface area (Å²) in [5, 5.41) is 1.37. The van der Waals surface area contributed by atoms with Crippen LogP contribution in [0.5, 0.6) is 0 Å². The fourth-order valence-electron chi connectivity index (χ4n) is 1.21. The van der Waals surface area contributed by atoms with Crippen LogP contribution < -0.4 is 0 Å². The molecule has 0 radical (unpaired) electrons. The van der Waals surface area contributed by atoms with Gasteiger partial charge >= 0.3 is 74.7 Å². The zero-order valence-electron chi connectivity index (χ0n) is 7.66. The van der Waals surface area contributed by atoms with Gasteiger partial charge in [-0.3, -0.25) is 0 Å². The van der Waals surface area contributed by atoms with Crippen molar-refractivity contribution in [1.29, 1.82) is 0 Å². The molecule has 0 aliphatic carbocycles. The van der Waals surface area contributed by atoms with Crippen LogP contribution in [0.2, 0.25) is 5.09 Å². The van der Waals surface area contributed by atoms with Crippen molar-refractivity contribution in [3.05, 3.63) is 0 Å². The van der Waals surface area contributed by atoms with Gasteiger partial charge in [-0.25, -0.2) is 0 Å². The van der Waals surface area contributed by atoms with Gasteiger partial charge in [-0.1, -0.05) is 0 Å². The first-order valence-corrected chi connectivity index (χ1v) is 4.91. The van der Waals surface area contributed by atoms with Gasteiger partial charge in [-0.15, -0.1) is 0 Å². The predicted molar refractivity (Wildman–Crippen MR) is 48.6 cm³/mol. The van der Waals surface area contributed by atoms with E-state index in [0.717, 1.165) is 0 Å². The maximum absolute atomic E-state index is 2.27. The van der Waals surface area contributed by atoms with Gasteiger partial charge in [0.25, 0.3) is 0 Å². The topological polar surface area (TPSA) is 0 Å². The summed E-state index contributed by atoms with van der Waals surface area (Å²) in [7, 11) is 0. The minimum absolute atomic E-state index is 1.37. The maximum atomic E-state index is 2.27. The first-order valence-electron chi connectivity index (χ1n) is 4.91. The Balaban J connectivity index is 2.65. The Bertz CT molecular complexity index is 44.7. The van der Waals surface area contributed by atoms with E-state index in [-0.39, 0.29) is 0 Å². The molecule has 0 aliphatic heterocycles. The van der Waals surface area contributed by atoms with Gasteiger partial charge in [-0.05, 0) is 0 Å². The van der Waals surface area contributed by atoms with Crippen molar-refractivity contribution in [2.24, 2.45) is 0 Å². The number of hydrogen-bond acceptors (Lipinski definition) is 0. The van der Waals surface area contributed by atoms with Crippen LogP contribution in [0.25, 0.3) is 0 Å². The summed E-state index contributed by atoms with van der Waals surface area (Å²) in [6, 6.07) is 0. The van der Waals surface area contributed by atoms with Crippen molar-refractivity contribution in [2.45, 2.75) is 57.0 Å². The average Bonchev–Trinajstić information content (AvgIpc) is 1.97. The van der Waals surface area contributed by atoms with E-state index in [4.69, 9.17) is 0 Å². The van der Waals surface area contributed by atoms with E-state index in [1.54, 1.807) is 0 Å². The van der Waals surface area contributed by atoms with Crippen molar-refractivity contribution >= 4 is 17.7 Å². The second-order valence-electron chi connectivity index (χ2n) is 3.12. The molecule has 1 heteroatoms.